The van der Waals surface area contributed by atoms with E-state index in [0.29, 0.717) is 19.1 Å². The summed E-state index contributed by atoms with van der Waals surface area (Å²) < 4.78 is 5.21. The molecule has 0 saturated heterocycles. The lowest BCUT2D eigenvalue weighted by Crippen LogP contribution is -2.52. The normalized spacial score (nSPS) is 12.8. The second-order valence-electron chi connectivity index (χ2n) is 5.90. The van der Waals surface area contributed by atoms with Crippen LogP contribution >= 0.6 is 12.2 Å². The molecule has 0 bridgehead atoms. The fourth-order valence-electron chi connectivity index (χ4n) is 2.02. The molecule has 1 aromatic rings. The molecule has 1 rings (SSSR count). The van der Waals surface area contributed by atoms with E-state index in [9.17, 15) is 0 Å². The molecule has 0 aliphatic rings. The Hall–Kier alpha value is -1.27. The molecule has 0 aromatic carbocycles. The van der Waals surface area contributed by atoms with E-state index in [0.717, 1.165) is 11.4 Å². The van der Waals surface area contributed by atoms with E-state index in [2.05, 4.69) is 47.9 Å². The molecule has 1 N–H and O–H groups in total. The summed E-state index contributed by atoms with van der Waals surface area (Å²) in [6, 6.07) is 1.86. The van der Waals surface area contributed by atoms with Crippen LogP contribution in [0.15, 0.2) is 18.5 Å². The number of nitrogens with one attached hydrogen (secondary N) is 1. The van der Waals surface area contributed by atoms with Crippen molar-refractivity contribution in [2.75, 3.05) is 25.2 Å². The molecule has 118 valence electrons. The highest BCUT2D eigenvalue weighted by Crippen LogP contribution is 2.15. The zero-order valence-electron chi connectivity index (χ0n) is 13.6. The maximum atomic E-state index is 5.60. The van der Waals surface area contributed by atoms with Crippen LogP contribution in [-0.4, -0.2) is 46.8 Å². The molecular weight excluding hydrogens is 284 g/mol. The maximum Gasteiger partial charge on any atom is 0.225 e. The summed E-state index contributed by atoms with van der Waals surface area (Å²) in [7, 11) is 1.69. The SMILES string of the molecule is CCC(C(=S)NC(C)(C)C)N(CCOC)c1ncccn1. The maximum absolute atomic E-state index is 5.60. The largest absolute Gasteiger partial charge is 0.383 e. The number of nitrogens with zero attached hydrogens (tertiary/aromatic N) is 3. The zero-order valence-corrected chi connectivity index (χ0v) is 14.4. The molecule has 1 aromatic heterocycles. The van der Waals surface area contributed by atoms with Gasteiger partial charge in [-0.05, 0) is 33.3 Å². The van der Waals surface area contributed by atoms with Crippen LogP contribution in [0.25, 0.3) is 0 Å². The van der Waals surface area contributed by atoms with Gasteiger partial charge in [-0.25, -0.2) is 9.97 Å². The van der Waals surface area contributed by atoms with Gasteiger partial charge >= 0.3 is 0 Å². The van der Waals surface area contributed by atoms with Gasteiger partial charge in [0, 0.05) is 31.6 Å². The first-order valence-electron chi connectivity index (χ1n) is 7.23. The Bertz CT molecular complexity index is 433. The molecule has 0 spiro atoms. The van der Waals surface area contributed by atoms with Gasteiger partial charge in [0.25, 0.3) is 0 Å². The fraction of sp³-hybridized carbons (Fsp3) is 0.667. The molecule has 1 atom stereocenters. The minimum Gasteiger partial charge on any atom is -0.383 e. The summed E-state index contributed by atoms with van der Waals surface area (Å²) in [5, 5.41) is 3.39. The van der Waals surface area contributed by atoms with Gasteiger partial charge in [-0.15, -0.1) is 0 Å². The lowest BCUT2D eigenvalue weighted by atomic mass is 10.1. The predicted octanol–water partition coefficient (Wildman–Crippen LogP) is 2.42. The Morgan fingerprint density at radius 2 is 2.00 bits per heavy atom. The molecule has 1 unspecified atom stereocenters. The van der Waals surface area contributed by atoms with E-state index >= 15 is 0 Å². The number of aromatic nitrogens is 2. The van der Waals surface area contributed by atoms with Crippen molar-refractivity contribution in [3.8, 4) is 0 Å². The molecule has 5 nitrogen and oxygen atoms in total. The molecule has 0 fully saturated rings. The lowest BCUT2D eigenvalue weighted by Gasteiger charge is -2.34. The van der Waals surface area contributed by atoms with Crippen LogP contribution in [0.2, 0.25) is 0 Å². The Morgan fingerprint density at radius 3 is 2.48 bits per heavy atom. The van der Waals surface area contributed by atoms with Gasteiger partial charge in [-0.3, -0.25) is 0 Å². The number of hydrogen-bond acceptors (Lipinski definition) is 5. The van der Waals surface area contributed by atoms with E-state index in [4.69, 9.17) is 17.0 Å². The highest BCUT2D eigenvalue weighted by molar-refractivity contribution is 7.80. The minimum absolute atomic E-state index is 0.0526. The standard InChI is InChI=1S/C15H26N4OS/c1-6-12(13(21)18-15(2,3)4)19(10-11-20-5)14-16-8-7-9-17-14/h7-9,12H,6,10-11H2,1-5H3,(H,18,21). The average molecular weight is 310 g/mol. The summed E-state index contributed by atoms with van der Waals surface area (Å²) in [4.78, 5) is 11.6. The molecule has 1 heterocycles. The monoisotopic (exact) mass is 310 g/mol. The second-order valence-corrected chi connectivity index (χ2v) is 6.34. The highest BCUT2D eigenvalue weighted by Gasteiger charge is 2.25. The van der Waals surface area contributed by atoms with Gasteiger partial charge in [0.1, 0.15) is 0 Å². The van der Waals surface area contributed by atoms with E-state index in [1.165, 1.54) is 0 Å². The van der Waals surface area contributed by atoms with Crippen LogP contribution in [0.4, 0.5) is 5.95 Å². The van der Waals surface area contributed by atoms with Crippen LogP contribution < -0.4 is 10.2 Å². The quantitative estimate of drug-likeness (QED) is 0.781. The first kappa shape index (κ1) is 17.8. The average Bonchev–Trinajstić information content (AvgIpc) is 2.42. The third-order valence-electron chi connectivity index (χ3n) is 2.91. The molecule has 0 aliphatic heterocycles. The first-order valence-corrected chi connectivity index (χ1v) is 7.64. The summed E-state index contributed by atoms with van der Waals surface area (Å²) in [5.41, 5.74) is -0.0605. The van der Waals surface area contributed by atoms with Crippen molar-refractivity contribution >= 4 is 23.2 Å². The molecule has 0 radical (unpaired) electrons. The summed E-state index contributed by atoms with van der Waals surface area (Å²) in [5.74, 6) is 0.680. The van der Waals surface area contributed by atoms with E-state index in [1.807, 2.05) is 6.07 Å². The van der Waals surface area contributed by atoms with Crippen LogP contribution in [0.5, 0.6) is 0 Å². The number of ether oxygens (including phenoxy) is 1. The highest BCUT2D eigenvalue weighted by atomic mass is 32.1. The number of methoxy groups -OCH3 is 1. The molecule has 0 saturated carbocycles. The predicted molar refractivity (Wildman–Crippen MR) is 90.8 cm³/mol. The summed E-state index contributed by atoms with van der Waals surface area (Å²) >= 11 is 5.60. The van der Waals surface area contributed by atoms with Gasteiger partial charge in [-0.2, -0.15) is 0 Å². The van der Waals surface area contributed by atoms with Gasteiger partial charge in [0.05, 0.1) is 17.6 Å². The minimum atomic E-state index is -0.0605. The Morgan fingerprint density at radius 1 is 1.38 bits per heavy atom. The topological polar surface area (TPSA) is 50.3 Å². The molecule has 0 aliphatic carbocycles. The van der Waals surface area contributed by atoms with Crippen molar-refractivity contribution in [2.24, 2.45) is 0 Å². The van der Waals surface area contributed by atoms with Crippen molar-refractivity contribution < 1.29 is 4.74 Å². The molecule has 0 amide bonds. The van der Waals surface area contributed by atoms with Crippen LogP contribution in [0, 0.1) is 0 Å². The summed E-state index contributed by atoms with van der Waals surface area (Å²) in [6.07, 6.45) is 4.37. The number of rotatable bonds is 7. The third-order valence-corrected chi connectivity index (χ3v) is 3.28. The van der Waals surface area contributed by atoms with E-state index < -0.39 is 0 Å². The van der Waals surface area contributed by atoms with Crippen molar-refractivity contribution in [3.63, 3.8) is 0 Å². The Balaban J connectivity index is 2.95. The molecule has 21 heavy (non-hydrogen) atoms. The van der Waals surface area contributed by atoms with Gasteiger partial charge in [0.2, 0.25) is 5.95 Å². The lowest BCUT2D eigenvalue weighted by molar-refractivity contribution is 0.204. The second kappa shape index (κ2) is 8.24. The first-order chi connectivity index (χ1) is 9.89. The van der Waals surface area contributed by atoms with Crippen molar-refractivity contribution in [1.29, 1.82) is 0 Å². The zero-order chi connectivity index (χ0) is 15.9. The number of thiocarbonyl (C=S) groups is 1. The Kier molecular flexibility index (Phi) is 6.98. The van der Waals surface area contributed by atoms with Crippen molar-refractivity contribution in [2.45, 2.75) is 45.7 Å². The van der Waals surface area contributed by atoms with Gasteiger partial charge < -0.3 is 15.0 Å². The molecule has 6 heteroatoms. The fourth-order valence-corrected chi connectivity index (χ4v) is 2.62. The third kappa shape index (κ3) is 5.93. The van der Waals surface area contributed by atoms with E-state index in [-0.39, 0.29) is 11.6 Å². The Labute approximate surface area is 133 Å². The van der Waals surface area contributed by atoms with Crippen molar-refractivity contribution in [3.05, 3.63) is 18.5 Å². The number of anilines is 1. The van der Waals surface area contributed by atoms with Crippen LogP contribution in [0.3, 0.4) is 0 Å². The molecular formula is C15H26N4OS. The number of hydrogen-bond donors (Lipinski definition) is 1. The summed E-state index contributed by atoms with van der Waals surface area (Å²) in [6.45, 7) is 9.72. The van der Waals surface area contributed by atoms with Crippen molar-refractivity contribution in [1.82, 2.24) is 15.3 Å². The van der Waals surface area contributed by atoms with E-state index in [1.54, 1.807) is 19.5 Å². The smallest absolute Gasteiger partial charge is 0.225 e. The van der Waals surface area contributed by atoms with Gasteiger partial charge in [-0.1, -0.05) is 19.1 Å². The van der Waals surface area contributed by atoms with Crippen LogP contribution in [0.1, 0.15) is 34.1 Å². The van der Waals surface area contributed by atoms with Gasteiger partial charge in [0.15, 0.2) is 0 Å². The van der Waals surface area contributed by atoms with Crippen LogP contribution in [-0.2, 0) is 4.74 Å².